The fourth-order valence-electron chi connectivity index (χ4n) is 1.65. The van der Waals surface area contributed by atoms with Gasteiger partial charge in [0.05, 0.1) is 12.5 Å². The van der Waals surface area contributed by atoms with Crippen LogP contribution in [0.5, 0.6) is 0 Å². The van der Waals surface area contributed by atoms with E-state index >= 15 is 0 Å². The number of carbonyl (C=O) groups excluding carboxylic acids is 1. The summed E-state index contributed by atoms with van der Waals surface area (Å²) in [6.45, 7) is 3.85. The first-order chi connectivity index (χ1) is 8.93. The van der Waals surface area contributed by atoms with Crippen molar-refractivity contribution in [1.82, 2.24) is 0 Å². The van der Waals surface area contributed by atoms with Gasteiger partial charge in [0.1, 0.15) is 0 Å². The van der Waals surface area contributed by atoms with Crippen molar-refractivity contribution in [2.75, 3.05) is 11.4 Å². The van der Waals surface area contributed by atoms with Crippen LogP contribution in [-0.4, -0.2) is 29.6 Å². The average molecular weight is 264 g/mol. The summed E-state index contributed by atoms with van der Waals surface area (Å²) in [5.41, 5.74) is 6.54. The van der Waals surface area contributed by atoms with Crippen LogP contribution in [0.25, 0.3) is 0 Å². The van der Waals surface area contributed by atoms with E-state index in [-0.39, 0.29) is 24.8 Å². The lowest BCUT2D eigenvalue weighted by molar-refractivity contribution is -0.136. The number of carboxylic acid groups (broad SMARTS) is 1. The van der Waals surface area contributed by atoms with Crippen LogP contribution in [0.15, 0.2) is 30.3 Å². The Morgan fingerprint density at radius 2 is 1.84 bits per heavy atom. The molecule has 3 N–H and O–H groups in total. The maximum Gasteiger partial charge on any atom is 0.305 e. The van der Waals surface area contributed by atoms with Crippen LogP contribution in [-0.2, 0) is 9.59 Å². The number of para-hydroxylation sites is 1. The fraction of sp³-hybridized carbons (Fsp3) is 0.429. The Morgan fingerprint density at radius 3 is 2.32 bits per heavy atom. The van der Waals surface area contributed by atoms with E-state index in [1.54, 1.807) is 24.3 Å². The molecular weight excluding hydrogens is 244 g/mol. The molecule has 0 aliphatic rings. The molecule has 19 heavy (non-hydrogen) atoms. The molecule has 0 aliphatic carbocycles. The number of carbonyl (C=O) groups is 2. The van der Waals surface area contributed by atoms with E-state index in [4.69, 9.17) is 10.8 Å². The number of hydrogen-bond donors (Lipinski definition) is 2. The van der Waals surface area contributed by atoms with Gasteiger partial charge in [-0.05, 0) is 18.1 Å². The van der Waals surface area contributed by atoms with Gasteiger partial charge in [0.2, 0.25) is 5.91 Å². The van der Waals surface area contributed by atoms with Crippen molar-refractivity contribution in [2.24, 2.45) is 11.7 Å². The Labute approximate surface area is 113 Å². The lowest BCUT2D eigenvalue weighted by Crippen LogP contribution is -2.47. The first-order valence-corrected chi connectivity index (χ1v) is 6.27. The highest BCUT2D eigenvalue weighted by Gasteiger charge is 2.24. The summed E-state index contributed by atoms with van der Waals surface area (Å²) < 4.78 is 0. The maximum atomic E-state index is 12.3. The van der Waals surface area contributed by atoms with Crippen LogP contribution in [0.4, 0.5) is 5.69 Å². The van der Waals surface area contributed by atoms with Crippen molar-refractivity contribution < 1.29 is 14.7 Å². The van der Waals surface area contributed by atoms with Gasteiger partial charge in [-0.25, -0.2) is 0 Å². The van der Waals surface area contributed by atoms with Gasteiger partial charge >= 0.3 is 5.97 Å². The standard InChI is InChI=1S/C14H20N2O3/c1-10(2)13(15)14(19)16(9-8-12(17)18)11-6-4-3-5-7-11/h3-7,10,13H,8-9,15H2,1-2H3,(H,17,18)/t13-/m1/s1. The fourth-order valence-corrected chi connectivity index (χ4v) is 1.65. The third kappa shape index (κ3) is 4.37. The van der Waals surface area contributed by atoms with Gasteiger partial charge in [-0.2, -0.15) is 0 Å². The smallest absolute Gasteiger partial charge is 0.305 e. The number of nitrogens with two attached hydrogens (primary N) is 1. The van der Waals surface area contributed by atoms with Crippen LogP contribution < -0.4 is 10.6 Å². The van der Waals surface area contributed by atoms with E-state index < -0.39 is 12.0 Å². The van der Waals surface area contributed by atoms with Crippen molar-refractivity contribution in [1.29, 1.82) is 0 Å². The molecule has 104 valence electrons. The zero-order valence-corrected chi connectivity index (χ0v) is 11.2. The van der Waals surface area contributed by atoms with Gasteiger partial charge in [0.25, 0.3) is 0 Å². The molecule has 0 saturated heterocycles. The third-order valence-electron chi connectivity index (χ3n) is 2.89. The highest BCUT2D eigenvalue weighted by atomic mass is 16.4. The van der Waals surface area contributed by atoms with Crippen LogP contribution in [0, 0.1) is 5.92 Å². The summed E-state index contributed by atoms with van der Waals surface area (Å²) >= 11 is 0. The predicted octanol–water partition coefficient (Wildman–Crippen LogP) is 1.48. The molecule has 1 aromatic carbocycles. The molecule has 0 saturated carbocycles. The number of benzene rings is 1. The molecule has 0 unspecified atom stereocenters. The second-order valence-corrected chi connectivity index (χ2v) is 4.74. The Kier molecular flexibility index (Phi) is 5.51. The topological polar surface area (TPSA) is 83.6 Å². The summed E-state index contributed by atoms with van der Waals surface area (Å²) in [7, 11) is 0. The van der Waals surface area contributed by atoms with E-state index in [0.29, 0.717) is 5.69 Å². The third-order valence-corrected chi connectivity index (χ3v) is 2.89. The van der Waals surface area contributed by atoms with Gasteiger partial charge in [-0.1, -0.05) is 32.0 Å². The monoisotopic (exact) mass is 264 g/mol. The molecular formula is C14H20N2O3. The lowest BCUT2D eigenvalue weighted by atomic mass is 10.0. The Balaban J connectivity index is 2.92. The van der Waals surface area contributed by atoms with Crippen LogP contribution in [0.1, 0.15) is 20.3 Å². The molecule has 1 atom stereocenters. The number of rotatable bonds is 6. The van der Waals surface area contributed by atoms with Crippen molar-refractivity contribution >= 4 is 17.6 Å². The SMILES string of the molecule is CC(C)[C@@H](N)C(=O)N(CCC(=O)O)c1ccccc1. The summed E-state index contributed by atoms with van der Waals surface area (Å²) in [5, 5.41) is 8.77. The molecule has 0 aliphatic heterocycles. The summed E-state index contributed by atoms with van der Waals surface area (Å²) in [6.07, 6.45) is -0.106. The molecule has 0 fully saturated rings. The first-order valence-electron chi connectivity index (χ1n) is 6.27. The Bertz CT molecular complexity index is 432. The number of anilines is 1. The van der Waals surface area contributed by atoms with E-state index in [1.165, 1.54) is 4.90 Å². The highest BCUT2D eigenvalue weighted by Crippen LogP contribution is 2.16. The zero-order valence-electron chi connectivity index (χ0n) is 11.2. The number of amides is 1. The minimum Gasteiger partial charge on any atom is -0.481 e. The van der Waals surface area contributed by atoms with E-state index in [2.05, 4.69) is 0 Å². The molecule has 1 rings (SSSR count). The lowest BCUT2D eigenvalue weighted by Gasteiger charge is -2.27. The highest BCUT2D eigenvalue weighted by molar-refractivity contribution is 5.97. The van der Waals surface area contributed by atoms with E-state index in [9.17, 15) is 9.59 Å². The Hall–Kier alpha value is -1.88. The summed E-state index contributed by atoms with van der Waals surface area (Å²) in [6, 6.07) is 8.36. The van der Waals surface area contributed by atoms with Crippen LogP contribution >= 0.6 is 0 Å². The molecule has 0 bridgehead atoms. The maximum absolute atomic E-state index is 12.3. The van der Waals surface area contributed by atoms with Gasteiger partial charge in [-0.3, -0.25) is 9.59 Å². The van der Waals surface area contributed by atoms with Crippen molar-refractivity contribution in [3.8, 4) is 0 Å². The minimum atomic E-state index is -0.938. The molecule has 0 spiro atoms. The van der Waals surface area contributed by atoms with Crippen molar-refractivity contribution in [3.63, 3.8) is 0 Å². The van der Waals surface area contributed by atoms with E-state index in [1.807, 2.05) is 19.9 Å². The predicted molar refractivity (Wildman–Crippen MR) is 73.9 cm³/mol. The first kappa shape index (κ1) is 15.2. The summed E-state index contributed by atoms with van der Waals surface area (Å²) in [4.78, 5) is 24.4. The summed E-state index contributed by atoms with van der Waals surface area (Å²) in [5.74, 6) is -1.18. The van der Waals surface area contributed by atoms with Crippen LogP contribution in [0.2, 0.25) is 0 Å². The zero-order chi connectivity index (χ0) is 14.4. The second kappa shape index (κ2) is 6.89. The molecule has 5 nitrogen and oxygen atoms in total. The normalized spacial score (nSPS) is 12.2. The van der Waals surface area contributed by atoms with Gasteiger partial charge in [0.15, 0.2) is 0 Å². The Morgan fingerprint density at radius 1 is 1.26 bits per heavy atom. The quantitative estimate of drug-likeness (QED) is 0.815. The minimum absolute atomic E-state index is 0.00328. The second-order valence-electron chi connectivity index (χ2n) is 4.74. The van der Waals surface area contributed by atoms with Gasteiger partial charge in [0, 0.05) is 12.2 Å². The molecule has 1 amide bonds. The van der Waals surface area contributed by atoms with Crippen molar-refractivity contribution in [3.05, 3.63) is 30.3 Å². The molecule has 0 heterocycles. The van der Waals surface area contributed by atoms with Crippen molar-refractivity contribution in [2.45, 2.75) is 26.3 Å². The number of aliphatic carboxylic acids is 1. The molecule has 1 aromatic rings. The largest absolute Gasteiger partial charge is 0.481 e. The average Bonchev–Trinajstić information content (AvgIpc) is 2.38. The van der Waals surface area contributed by atoms with Gasteiger partial charge < -0.3 is 15.7 Å². The number of carboxylic acids is 1. The van der Waals surface area contributed by atoms with Crippen LogP contribution in [0.3, 0.4) is 0 Å². The number of hydrogen-bond acceptors (Lipinski definition) is 3. The van der Waals surface area contributed by atoms with E-state index in [0.717, 1.165) is 0 Å². The molecule has 5 heteroatoms. The number of nitrogens with zero attached hydrogens (tertiary/aromatic N) is 1. The van der Waals surface area contributed by atoms with Gasteiger partial charge in [-0.15, -0.1) is 0 Å². The molecule has 0 aromatic heterocycles. The molecule has 0 radical (unpaired) electrons.